The van der Waals surface area contributed by atoms with Gasteiger partial charge in [-0.3, -0.25) is 9.59 Å². The van der Waals surface area contributed by atoms with Gasteiger partial charge in [-0.05, 0) is 47.5 Å². The van der Waals surface area contributed by atoms with E-state index in [1.807, 2.05) is 0 Å². The summed E-state index contributed by atoms with van der Waals surface area (Å²) >= 11 is 6.26. The third kappa shape index (κ3) is 3.92. The fraction of sp³-hybridized carbons (Fsp3) is 0.0909. The molecule has 8 heteroatoms. The highest BCUT2D eigenvalue weighted by Gasteiger charge is 2.19. The molecular weight excluding hydrogens is 413 g/mol. The zero-order valence-corrected chi connectivity index (χ0v) is 16.2. The van der Waals surface area contributed by atoms with Crippen LogP contribution in [0.1, 0.15) is 10.4 Å². The lowest BCUT2D eigenvalue weighted by Crippen LogP contribution is -2.15. The summed E-state index contributed by atoms with van der Waals surface area (Å²) in [6.07, 6.45) is 0. The molecule has 0 atom stereocenters. The average Bonchev–Trinajstić information content (AvgIpc) is 2.76. The maximum atomic E-state index is 14.8. The highest BCUT2D eigenvalue weighted by atomic mass is 35.5. The number of fused-ring (bicyclic) bond motifs is 1. The maximum absolute atomic E-state index is 14.8. The lowest BCUT2D eigenvalue weighted by molar-refractivity contribution is -0.120. The molecule has 3 aromatic carbocycles. The number of anilines is 1. The van der Waals surface area contributed by atoms with Gasteiger partial charge in [0.25, 0.3) is 12.4 Å². The molecule has 4 rings (SSSR count). The van der Waals surface area contributed by atoms with Crippen LogP contribution in [0, 0.1) is 5.82 Å². The SMILES string of the molecule is O=COc1ccccc1C(=O)Nc1c(F)cc(-c2ccc3c(c2)OCCO3)cc1Cl. The fourth-order valence-corrected chi connectivity index (χ4v) is 3.33. The number of hydrogen-bond acceptors (Lipinski definition) is 5. The number of hydrogen-bond donors (Lipinski definition) is 1. The van der Waals surface area contributed by atoms with E-state index in [1.165, 1.54) is 18.2 Å². The van der Waals surface area contributed by atoms with Crippen molar-refractivity contribution in [2.24, 2.45) is 0 Å². The summed E-state index contributed by atoms with van der Waals surface area (Å²) in [5.74, 6) is -0.139. The molecule has 1 N–H and O–H groups in total. The van der Waals surface area contributed by atoms with E-state index in [2.05, 4.69) is 5.32 Å². The quantitative estimate of drug-likeness (QED) is 0.597. The molecule has 6 nitrogen and oxygen atoms in total. The number of nitrogens with one attached hydrogen (secondary N) is 1. The van der Waals surface area contributed by atoms with Crippen LogP contribution in [0.2, 0.25) is 5.02 Å². The average molecular weight is 428 g/mol. The van der Waals surface area contributed by atoms with Gasteiger partial charge in [0.2, 0.25) is 0 Å². The molecule has 0 saturated heterocycles. The van der Waals surface area contributed by atoms with Gasteiger partial charge in [-0.15, -0.1) is 0 Å². The third-order valence-corrected chi connectivity index (χ3v) is 4.76. The van der Waals surface area contributed by atoms with Gasteiger partial charge >= 0.3 is 0 Å². The Morgan fingerprint density at radius 1 is 1.03 bits per heavy atom. The van der Waals surface area contributed by atoms with Crippen molar-refractivity contribution in [2.75, 3.05) is 18.5 Å². The zero-order chi connectivity index (χ0) is 21.1. The van der Waals surface area contributed by atoms with E-state index in [0.29, 0.717) is 35.8 Å². The molecule has 0 spiro atoms. The summed E-state index contributed by atoms with van der Waals surface area (Å²) in [5.41, 5.74) is 1.08. The molecular formula is C22H15ClFNO5. The second kappa shape index (κ2) is 8.42. The molecule has 0 radical (unpaired) electrons. The van der Waals surface area contributed by atoms with Crippen LogP contribution in [-0.2, 0) is 4.79 Å². The first-order valence-electron chi connectivity index (χ1n) is 8.96. The molecule has 0 fully saturated rings. The lowest BCUT2D eigenvalue weighted by Gasteiger charge is -2.19. The minimum Gasteiger partial charge on any atom is -0.486 e. The molecule has 1 amide bonds. The molecule has 0 aromatic heterocycles. The minimum atomic E-state index is -0.713. The Kier molecular flexibility index (Phi) is 5.54. The van der Waals surface area contributed by atoms with Crippen LogP contribution in [-0.4, -0.2) is 25.6 Å². The van der Waals surface area contributed by atoms with Gasteiger partial charge in [-0.25, -0.2) is 4.39 Å². The number of halogens is 2. The number of ether oxygens (including phenoxy) is 3. The van der Waals surface area contributed by atoms with Gasteiger partial charge in [0.15, 0.2) is 11.5 Å². The summed E-state index contributed by atoms with van der Waals surface area (Å²) in [6, 6.07) is 14.2. The Morgan fingerprint density at radius 3 is 2.57 bits per heavy atom. The van der Waals surface area contributed by atoms with Crippen molar-refractivity contribution in [3.05, 3.63) is 71.0 Å². The van der Waals surface area contributed by atoms with Gasteiger partial charge in [0.1, 0.15) is 24.8 Å². The van der Waals surface area contributed by atoms with Crippen molar-refractivity contribution in [2.45, 2.75) is 0 Å². The zero-order valence-electron chi connectivity index (χ0n) is 15.5. The third-order valence-electron chi connectivity index (χ3n) is 4.46. The first-order chi connectivity index (χ1) is 14.6. The molecule has 0 saturated carbocycles. The van der Waals surface area contributed by atoms with Crippen LogP contribution in [0.25, 0.3) is 11.1 Å². The van der Waals surface area contributed by atoms with Gasteiger partial charge < -0.3 is 19.5 Å². The van der Waals surface area contributed by atoms with Crippen LogP contribution < -0.4 is 19.5 Å². The van der Waals surface area contributed by atoms with Gasteiger partial charge in [0, 0.05) is 0 Å². The van der Waals surface area contributed by atoms with Gasteiger partial charge in [0.05, 0.1) is 16.3 Å². The summed E-state index contributed by atoms with van der Waals surface area (Å²) in [7, 11) is 0. The van der Waals surface area contributed by atoms with Crippen LogP contribution in [0.15, 0.2) is 54.6 Å². The summed E-state index contributed by atoms with van der Waals surface area (Å²) in [5, 5.41) is 2.45. The van der Waals surface area contributed by atoms with Crippen molar-refractivity contribution in [3.63, 3.8) is 0 Å². The minimum absolute atomic E-state index is 0.0158. The predicted molar refractivity (Wildman–Crippen MR) is 109 cm³/mol. The van der Waals surface area contributed by atoms with E-state index in [1.54, 1.807) is 36.4 Å². The normalized spacial score (nSPS) is 12.2. The molecule has 1 aliphatic rings. The molecule has 1 heterocycles. The Balaban J connectivity index is 1.62. The standard InChI is InChI=1S/C22H15ClFNO5/c23-16-9-14(13-5-6-19-20(11-13)29-8-7-28-19)10-17(24)21(16)25-22(27)15-3-1-2-4-18(15)30-12-26/h1-6,9-12H,7-8H2,(H,25,27). The van der Waals surface area contributed by atoms with Gasteiger partial charge in [-0.1, -0.05) is 29.8 Å². The Bertz CT molecular complexity index is 1110. The Morgan fingerprint density at radius 2 is 1.80 bits per heavy atom. The topological polar surface area (TPSA) is 73.9 Å². The molecule has 1 aliphatic heterocycles. The van der Waals surface area contributed by atoms with E-state index < -0.39 is 11.7 Å². The van der Waals surface area contributed by atoms with Crippen molar-refractivity contribution in [1.82, 2.24) is 0 Å². The highest BCUT2D eigenvalue weighted by molar-refractivity contribution is 6.34. The summed E-state index contributed by atoms with van der Waals surface area (Å²) < 4.78 is 30.7. The van der Waals surface area contributed by atoms with E-state index >= 15 is 0 Å². The maximum Gasteiger partial charge on any atom is 0.298 e. The Hall–Kier alpha value is -3.58. The molecule has 0 aliphatic carbocycles. The molecule has 152 valence electrons. The highest BCUT2D eigenvalue weighted by Crippen LogP contribution is 2.37. The second-order valence-electron chi connectivity index (χ2n) is 6.34. The van der Waals surface area contributed by atoms with Gasteiger partial charge in [-0.2, -0.15) is 0 Å². The molecule has 3 aromatic rings. The Labute approximate surface area is 176 Å². The van der Waals surface area contributed by atoms with Crippen LogP contribution in [0.4, 0.5) is 10.1 Å². The van der Waals surface area contributed by atoms with Crippen molar-refractivity contribution < 1.29 is 28.2 Å². The van der Waals surface area contributed by atoms with Crippen LogP contribution in [0.5, 0.6) is 17.2 Å². The first kappa shape index (κ1) is 19.7. The van der Waals surface area contributed by atoms with Crippen molar-refractivity contribution in [1.29, 1.82) is 0 Å². The lowest BCUT2D eigenvalue weighted by atomic mass is 10.0. The van der Waals surface area contributed by atoms with Crippen molar-refractivity contribution >= 4 is 29.7 Å². The van der Waals surface area contributed by atoms with Crippen LogP contribution in [0.3, 0.4) is 0 Å². The number of carbonyl (C=O) groups excluding carboxylic acids is 2. The smallest absolute Gasteiger partial charge is 0.298 e. The summed E-state index contributed by atoms with van der Waals surface area (Å²) in [6.45, 7) is 1.12. The van der Waals surface area contributed by atoms with Crippen molar-refractivity contribution in [3.8, 4) is 28.4 Å². The fourth-order valence-electron chi connectivity index (χ4n) is 3.07. The predicted octanol–water partition coefficient (Wildman–Crippen LogP) is 4.70. The number of rotatable bonds is 5. The number of amides is 1. The van der Waals surface area contributed by atoms with E-state index in [9.17, 15) is 14.0 Å². The number of carbonyl (C=O) groups is 2. The summed E-state index contributed by atoms with van der Waals surface area (Å²) in [4.78, 5) is 23.2. The molecule has 0 bridgehead atoms. The first-order valence-corrected chi connectivity index (χ1v) is 9.34. The molecule has 0 unspecified atom stereocenters. The monoisotopic (exact) mass is 427 g/mol. The van der Waals surface area contributed by atoms with E-state index in [-0.39, 0.29) is 28.5 Å². The number of para-hydroxylation sites is 1. The van der Waals surface area contributed by atoms with E-state index in [0.717, 1.165) is 0 Å². The largest absolute Gasteiger partial charge is 0.486 e. The van der Waals surface area contributed by atoms with Crippen LogP contribution >= 0.6 is 11.6 Å². The molecule has 30 heavy (non-hydrogen) atoms. The number of benzene rings is 3. The second-order valence-corrected chi connectivity index (χ2v) is 6.74. The van der Waals surface area contributed by atoms with E-state index in [4.69, 9.17) is 25.8 Å².